The van der Waals surface area contributed by atoms with E-state index in [4.69, 9.17) is 32.8 Å². The van der Waals surface area contributed by atoms with Crippen molar-refractivity contribution >= 4 is 21.5 Å². The van der Waals surface area contributed by atoms with Gasteiger partial charge < -0.3 is 32.8 Å². The van der Waals surface area contributed by atoms with E-state index in [1.807, 2.05) is 182 Å². The molecule has 0 unspecified atom stereocenters. The first-order valence-electron chi connectivity index (χ1n) is 21.3. The summed E-state index contributed by atoms with van der Waals surface area (Å²) < 4.78 is 46.0. The molecule has 8 aromatic carbocycles. The second-order valence-corrected chi connectivity index (χ2v) is 15.2. The summed E-state index contributed by atoms with van der Waals surface area (Å²) in [5, 5.41) is 0.381. The zero-order chi connectivity index (χ0) is 44.2. The van der Waals surface area contributed by atoms with Gasteiger partial charge in [0, 0.05) is 10.8 Å². The van der Waals surface area contributed by atoms with Crippen molar-refractivity contribution in [2.75, 3.05) is 0 Å². The van der Waals surface area contributed by atoms with E-state index >= 15 is 0 Å². The third-order valence-electron chi connectivity index (χ3n) is 10.7. The lowest BCUT2D eigenvalue weighted by Gasteiger charge is -2.22. The van der Waals surface area contributed by atoms with Crippen molar-refractivity contribution in [2.24, 2.45) is 0 Å². The predicted molar refractivity (Wildman–Crippen MR) is 251 cm³/mol. The number of benzene rings is 8. The molecule has 0 spiro atoms. The third kappa shape index (κ3) is 10.2. The Kier molecular flexibility index (Phi) is 13.1. The summed E-state index contributed by atoms with van der Waals surface area (Å²) in [5.74, 6) is 1.09. The van der Waals surface area contributed by atoms with Crippen molar-refractivity contribution in [3.8, 4) is 34.5 Å². The summed E-state index contributed by atoms with van der Waals surface area (Å²) in [4.78, 5) is 29.0. The first kappa shape index (κ1) is 42.0. The molecule has 0 atom stereocenters. The maximum atomic E-state index is 14.5. The van der Waals surface area contributed by atoms with Crippen molar-refractivity contribution in [1.29, 1.82) is 0 Å². The van der Waals surface area contributed by atoms with Gasteiger partial charge in [0.1, 0.15) is 39.6 Å². The third-order valence-corrected chi connectivity index (χ3v) is 10.7. The van der Waals surface area contributed by atoms with Crippen LogP contribution in [0.2, 0.25) is 0 Å². The molecule has 9 heteroatoms. The Hall–Kier alpha value is -8.30. The molecule has 9 aromatic rings. The fraction of sp³-hybridized carbons (Fsp3) is 0.107. The highest BCUT2D eigenvalue weighted by molar-refractivity contribution is 6.14. The number of hydrogen-bond donors (Lipinski definition) is 0. The van der Waals surface area contributed by atoms with Gasteiger partial charge in [-0.05, 0) is 45.5 Å². The van der Waals surface area contributed by atoms with E-state index in [0.29, 0.717) is 0 Å². The zero-order valence-electron chi connectivity index (χ0n) is 35.4. The second kappa shape index (κ2) is 20.3. The Balaban J connectivity index is 1.35. The first-order valence-corrected chi connectivity index (χ1v) is 21.3. The van der Waals surface area contributed by atoms with Gasteiger partial charge in [-0.2, -0.15) is 0 Å². The molecule has 0 bridgehead atoms. The van der Waals surface area contributed by atoms with Gasteiger partial charge in [-0.25, -0.2) is 9.59 Å². The molecule has 322 valence electrons. The molecular formula is C56H44O9. The van der Waals surface area contributed by atoms with Gasteiger partial charge in [0.25, 0.3) is 0 Å². The minimum atomic E-state index is -0.919. The SMILES string of the molecule is O=c1oc(=O)c2cc(OCc3ccccc3)c(OCc3ccccc3)c(OCc3ccccc3)c2c2c(OCc3ccccc3)c(OCc3ccccc3)c(OCc3ccccc3)cc12. The first-order chi connectivity index (χ1) is 32.1. The predicted octanol–water partition coefficient (Wildman–Crippen LogP) is 11.8. The molecule has 1 heterocycles. The van der Waals surface area contributed by atoms with Crippen LogP contribution in [0.4, 0.5) is 0 Å². The smallest absolute Gasteiger partial charge is 0.346 e. The summed E-state index contributed by atoms with van der Waals surface area (Å²) in [5.41, 5.74) is 3.37. The summed E-state index contributed by atoms with van der Waals surface area (Å²) in [7, 11) is 0. The fourth-order valence-corrected chi connectivity index (χ4v) is 7.40. The van der Waals surface area contributed by atoms with Gasteiger partial charge in [0.15, 0.2) is 23.0 Å². The molecule has 0 aliphatic carbocycles. The standard InChI is InChI=1S/C56H44O9/c57-55-45-31-47(59-33-39-19-7-1-8-20-39)51(61-35-41-23-11-3-12-24-41)53(63-37-43-27-15-5-16-28-43)49(45)50-46(56(58)65-55)32-48(60-34-40-21-9-2-10-22-40)52(62-36-42-25-13-4-14-26-42)54(50)64-38-44-29-17-6-18-30-44/h1-32H,33-38H2. The van der Waals surface area contributed by atoms with Crippen LogP contribution in [0.25, 0.3) is 21.5 Å². The lowest BCUT2D eigenvalue weighted by molar-refractivity contribution is 0.231. The molecular weight excluding hydrogens is 817 g/mol. The lowest BCUT2D eigenvalue weighted by Crippen LogP contribution is -2.07. The average Bonchev–Trinajstić information content (AvgIpc) is 3.46. The normalized spacial score (nSPS) is 11.0. The molecule has 1 aromatic heterocycles. The zero-order valence-corrected chi connectivity index (χ0v) is 35.4. The largest absolute Gasteiger partial charge is 0.485 e. The van der Waals surface area contributed by atoms with E-state index in [1.54, 1.807) is 12.1 Å². The maximum Gasteiger partial charge on any atom is 0.346 e. The van der Waals surface area contributed by atoms with Gasteiger partial charge in [0.2, 0.25) is 11.5 Å². The molecule has 0 N–H and O–H groups in total. The fourth-order valence-electron chi connectivity index (χ4n) is 7.40. The highest BCUT2D eigenvalue weighted by Crippen LogP contribution is 2.52. The van der Waals surface area contributed by atoms with Gasteiger partial charge in [-0.1, -0.05) is 182 Å². The molecule has 0 aliphatic heterocycles. The van der Waals surface area contributed by atoms with Crippen molar-refractivity contribution in [3.05, 3.63) is 248 Å². The van der Waals surface area contributed by atoms with Crippen LogP contribution in [0, 0.1) is 0 Å². The van der Waals surface area contributed by atoms with Crippen LogP contribution in [0.15, 0.2) is 208 Å². The van der Waals surface area contributed by atoms with Crippen LogP contribution >= 0.6 is 0 Å². The van der Waals surface area contributed by atoms with E-state index in [-0.39, 0.29) is 95.7 Å². The van der Waals surface area contributed by atoms with Crippen LogP contribution in [-0.2, 0) is 39.6 Å². The molecule has 65 heavy (non-hydrogen) atoms. The lowest BCUT2D eigenvalue weighted by atomic mass is 10.0. The minimum Gasteiger partial charge on any atom is -0.485 e. The molecule has 0 radical (unpaired) electrons. The number of fused-ring (bicyclic) bond motifs is 3. The Bertz CT molecular complexity index is 2900. The van der Waals surface area contributed by atoms with Crippen molar-refractivity contribution in [1.82, 2.24) is 0 Å². The quantitative estimate of drug-likeness (QED) is 0.0834. The summed E-state index contributed by atoms with van der Waals surface area (Å²) in [6, 6.07) is 61.0. The van der Waals surface area contributed by atoms with Crippen LogP contribution in [0.3, 0.4) is 0 Å². The molecule has 9 nitrogen and oxygen atoms in total. The Morgan fingerprint density at radius 1 is 0.292 bits per heavy atom. The van der Waals surface area contributed by atoms with Crippen molar-refractivity contribution < 1.29 is 32.8 Å². The number of rotatable bonds is 18. The van der Waals surface area contributed by atoms with Gasteiger partial charge in [-0.3, -0.25) is 0 Å². The second-order valence-electron chi connectivity index (χ2n) is 15.2. The molecule has 9 rings (SSSR count). The van der Waals surface area contributed by atoms with Gasteiger partial charge in [-0.15, -0.1) is 0 Å². The van der Waals surface area contributed by atoms with Crippen LogP contribution in [-0.4, -0.2) is 0 Å². The van der Waals surface area contributed by atoms with Crippen LogP contribution in [0.1, 0.15) is 33.4 Å². The molecule has 0 saturated heterocycles. The van der Waals surface area contributed by atoms with E-state index < -0.39 is 11.3 Å². The molecule has 0 aliphatic rings. The maximum absolute atomic E-state index is 14.5. The van der Waals surface area contributed by atoms with Gasteiger partial charge in [0.05, 0.1) is 10.8 Å². The molecule has 0 saturated carbocycles. The Morgan fingerprint density at radius 3 is 0.785 bits per heavy atom. The monoisotopic (exact) mass is 860 g/mol. The number of ether oxygens (including phenoxy) is 6. The molecule has 0 fully saturated rings. The number of hydrogen-bond acceptors (Lipinski definition) is 9. The van der Waals surface area contributed by atoms with E-state index in [2.05, 4.69) is 0 Å². The summed E-state index contributed by atoms with van der Waals surface area (Å²) in [6.07, 6.45) is 0. The van der Waals surface area contributed by atoms with Crippen LogP contribution < -0.4 is 39.7 Å². The minimum absolute atomic E-state index is 0.00758. The highest BCUT2D eigenvalue weighted by Gasteiger charge is 2.29. The van der Waals surface area contributed by atoms with Crippen molar-refractivity contribution in [2.45, 2.75) is 39.6 Å². The molecule has 0 amide bonds. The van der Waals surface area contributed by atoms with Gasteiger partial charge >= 0.3 is 11.3 Å². The highest BCUT2D eigenvalue weighted by atomic mass is 16.6. The topological polar surface area (TPSA) is 103 Å². The summed E-state index contributed by atoms with van der Waals surface area (Å²) >= 11 is 0. The van der Waals surface area contributed by atoms with E-state index in [9.17, 15) is 9.59 Å². The average molecular weight is 861 g/mol. The van der Waals surface area contributed by atoms with Crippen molar-refractivity contribution in [3.63, 3.8) is 0 Å². The van der Waals surface area contributed by atoms with Crippen LogP contribution in [0.5, 0.6) is 34.5 Å². The van der Waals surface area contributed by atoms with E-state index in [1.165, 1.54) is 0 Å². The van der Waals surface area contributed by atoms with E-state index in [0.717, 1.165) is 33.4 Å². The summed E-state index contributed by atoms with van der Waals surface area (Å²) in [6.45, 7) is 0.628. The Morgan fingerprint density at radius 2 is 0.523 bits per heavy atom. The Labute approximate surface area is 375 Å².